The van der Waals surface area contributed by atoms with Gasteiger partial charge in [0, 0.05) is 68.9 Å². The fourth-order valence-corrected chi connectivity index (χ4v) is 6.41. The van der Waals surface area contributed by atoms with Crippen molar-refractivity contribution in [2.45, 2.75) is 88.9 Å². The number of rotatable bonds is 5. The topological polar surface area (TPSA) is 78.3 Å². The van der Waals surface area contributed by atoms with Crippen LogP contribution in [0.4, 0.5) is 14.7 Å². The SMILES string of the molecule is O=C1NCCCCCCn2c1cc1cnc(NC3CCC(N4CCN(C(F)(F)C5CC5)CC4)CC3)nc12. The molecule has 2 aliphatic carbocycles. The number of piperazine rings is 1. The zero-order chi connectivity index (χ0) is 25.4. The van der Waals surface area contributed by atoms with Crippen LogP contribution in [-0.4, -0.2) is 81.1 Å². The van der Waals surface area contributed by atoms with Crippen molar-refractivity contribution < 1.29 is 13.6 Å². The van der Waals surface area contributed by atoms with Gasteiger partial charge in [0.05, 0.1) is 0 Å². The van der Waals surface area contributed by atoms with E-state index in [0.29, 0.717) is 56.2 Å². The molecule has 3 fully saturated rings. The lowest BCUT2D eigenvalue weighted by Crippen LogP contribution is -2.56. The maximum atomic E-state index is 14.4. The van der Waals surface area contributed by atoms with Gasteiger partial charge < -0.3 is 15.2 Å². The van der Waals surface area contributed by atoms with Crippen LogP contribution in [0.5, 0.6) is 0 Å². The predicted molar refractivity (Wildman–Crippen MR) is 139 cm³/mol. The monoisotopic (exact) mass is 515 g/mol. The minimum absolute atomic E-state index is 0.0372. The summed E-state index contributed by atoms with van der Waals surface area (Å²) < 4.78 is 30.9. The number of carbonyl (C=O) groups is 1. The van der Waals surface area contributed by atoms with Gasteiger partial charge >= 0.3 is 6.05 Å². The van der Waals surface area contributed by atoms with Gasteiger partial charge in [0.2, 0.25) is 5.95 Å². The number of hydrogen-bond acceptors (Lipinski definition) is 6. The quantitative estimate of drug-likeness (QED) is 0.585. The van der Waals surface area contributed by atoms with Crippen LogP contribution in [0.3, 0.4) is 0 Å². The predicted octanol–water partition coefficient (Wildman–Crippen LogP) is 4.08. The van der Waals surface area contributed by atoms with Crippen molar-refractivity contribution >= 4 is 22.9 Å². The third-order valence-electron chi connectivity index (χ3n) is 8.81. The fraction of sp³-hybridized carbons (Fsp3) is 0.741. The number of hydrogen-bond donors (Lipinski definition) is 2. The number of amides is 1. The van der Waals surface area contributed by atoms with Crippen LogP contribution in [0.2, 0.25) is 0 Å². The van der Waals surface area contributed by atoms with E-state index in [0.717, 1.165) is 82.0 Å². The first kappa shape index (κ1) is 25.0. The molecule has 0 bridgehead atoms. The molecular weight excluding hydrogens is 476 g/mol. The number of nitrogens with zero attached hydrogens (tertiary/aromatic N) is 5. The van der Waals surface area contributed by atoms with E-state index in [2.05, 4.69) is 20.5 Å². The molecular formula is C27H39F2N7O. The highest BCUT2D eigenvalue weighted by atomic mass is 19.3. The Balaban J connectivity index is 1.05. The summed E-state index contributed by atoms with van der Waals surface area (Å²) in [6.07, 6.45) is 11.6. The maximum absolute atomic E-state index is 14.4. The summed E-state index contributed by atoms with van der Waals surface area (Å²) in [5.74, 6) is 0.162. The lowest BCUT2D eigenvalue weighted by Gasteiger charge is -2.44. The molecule has 0 atom stereocenters. The number of nitrogens with one attached hydrogen (secondary N) is 2. The molecule has 0 unspecified atom stereocenters. The number of aromatic nitrogens is 3. The number of anilines is 1. The van der Waals surface area contributed by atoms with E-state index in [1.165, 1.54) is 4.90 Å². The molecule has 0 radical (unpaired) electrons. The average molecular weight is 516 g/mol. The van der Waals surface area contributed by atoms with Gasteiger partial charge in [0.15, 0.2) is 0 Å². The van der Waals surface area contributed by atoms with Crippen molar-refractivity contribution in [1.82, 2.24) is 29.7 Å². The normalized spacial score (nSPS) is 27.0. The van der Waals surface area contributed by atoms with Crippen LogP contribution in [0.25, 0.3) is 11.0 Å². The van der Waals surface area contributed by atoms with Gasteiger partial charge in [-0.1, -0.05) is 12.8 Å². The molecule has 202 valence electrons. The fourth-order valence-electron chi connectivity index (χ4n) is 6.41. The number of fused-ring (bicyclic) bond motifs is 3. The highest BCUT2D eigenvalue weighted by molar-refractivity contribution is 5.98. The minimum atomic E-state index is -2.62. The first-order chi connectivity index (χ1) is 18.0. The molecule has 2 saturated carbocycles. The summed E-state index contributed by atoms with van der Waals surface area (Å²) in [5.41, 5.74) is 1.48. The Bertz CT molecular complexity index is 1100. The Kier molecular flexibility index (Phi) is 7.05. The third kappa shape index (κ3) is 5.32. The van der Waals surface area contributed by atoms with Crippen LogP contribution >= 0.6 is 0 Å². The standard InChI is InChI=1S/C27H39F2N7O/c28-27(29,20-5-6-20)35-15-13-34(14-16-35)22-9-7-21(8-10-22)32-26-31-18-19-17-23-25(37)30-11-3-1-2-4-12-36(23)24(19)33-26/h17-18,20-22H,1-16H2,(H,30,37)(H,31,32,33). The van der Waals surface area contributed by atoms with Gasteiger partial charge in [0.1, 0.15) is 11.3 Å². The average Bonchev–Trinajstić information content (AvgIpc) is 3.72. The summed E-state index contributed by atoms with van der Waals surface area (Å²) in [7, 11) is 0. The van der Waals surface area contributed by atoms with Crippen LogP contribution in [-0.2, 0) is 6.54 Å². The second-order valence-electron chi connectivity index (χ2n) is 11.4. The number of carbonyl (C=O) groups excluding carboxylic acids is 1. The maximum Gasteiger partial charge on any atom is 0.307 e. The van der Waals surface area contributed by atoms with Crippen LogP contribution in [0, 0.1) is 5.92 Å². The van der Waals surface area contributed by atoms with E-state index in [9.17, 15) is 13.6 Å². The van der Waals surface area contributed by atoms with Gasteiger partial charge in [-0.05, 0) is 57.4 Å². The summed E-state index contributed by atoms with van der Waals surface area (Å²) in [6.45, 7) is 3.90. The van der Waals surface area contributed by atoms with Crippen LogP contribution < -0.4 is 10.6 Å². The first-order valence-corrected chi connectivity index (χ1v) is 14.3. The highest BCUT2D eigenvalue weighted by Crippen LogP contribution is 2.45. The van der Waals surface area contributed by atoms with E-state index in [4.69, 9.17) is 4.98 Å². The van der Waals surface area contributed by atoms with Crippen molar-refractivity contribution in [3.63, 3.8) is 0 Å². The van der Waals surface area contributed by atoms with E-state index in [1.807, 2.05) is 16.8 Å². The van der Waals surface area contributed by atoms with Crippen LogP contribution in [0.15, 0.2) is 12.3 Å². The summed E-state index contributed by atoms with van der Waals surface area (Å²) in [4.78, 5) is 25.9. The Labute approximate surface area is 217 Å². The van der Waals surface area contributed by atoms with Crippen molar-refractivity contribution in [3.05, 3.63) is 18.0 Å². The molecule has 8 nitrogen and oxygen atoms in total. The van der Waals surface area contributed by atoms with Gasteiger partial charge in [-0.15, -0.1) is 0 Å². The highest BCUT2D eigenvalue weighted by Gasteiger charge is 2.51. The van der Waals surface area contributed by atoms with Crippen molar-refractivity contribution in [2.75, 3.05) is 38.0 Å². The van der Waals surface area contributed by atoms with Gasteiger partial charge in [-0.2, -0.15) is 13.8 Å². The second kappa shape index (κ2) is 10.4. The molecule has 1 amide bonds. The molecule has 2 N–H and O–H groups in total. The lowest BCUT2D eigenvalue weighted by atomic mass is 9.90. The molecule has 0 spiro atoms. The van der Waals surface area contributed by atoms with E-state index in [1.54, 1.807) is 0 Å². The zero-order valence-electron chi connectivity index (χ0n) is 21.6. The van der Waals surface area contributed by atoms with Gasteiger partial charge in [0.25, 0.3) is 5.91 Å². The summed E-state index contributed by atoms with van der Waals surface area (Å²) in [5, 5.41) is 7.46. The molecule has 1 saturated heterocycles. The Morgan fingerprint density at radius 3 is 2.46 bits per heavy atom. The number of aryl methyl sites for hydroxylation is 1. The molecule has 4 heterocycles. The van der Waals surface area contributed by atoms with Gasteiger partial charge in [-0.25, -0.2) is 9.88 Å². The van der Waals surface area contributed by atoms with E-state index in [-0.39, 0.29) is 5.91 Å². The molecule has 10 heteroatoms. The molecule has 6 rings (SSSR count). The summed E-state index contributed by atoms with van der Waals surface area (Å²) >= 11 is 0. The third-order valence-corrected chi connectivity index (χ3v) is 8.81. The van der Waals surface area contributed by atoms with Crippen molar-refractivity contribution in [3.8, 4) is 0 Å². The van der Waals surface area contributed by atoms with E-state index >= 15 is 0 Å². The molecule has 2 aliphatic heterocycles. The number of alkyl halides is 2. The first-order valence-electron chi connectivity index (χ1n) is 14.3. The molecule has 4 aliphatic rings. The lowest BCUT2D eigenvalue weighted by molar-refractivity contribution is -0.176. The zero-order valence-corrected chi connectivity index (χ0v) is 21.6. The minimum Gasteiger partial charge on any atom is -0.351 e. The van der Waals surface area contributed by atoms with Crippen molar-refractivity contribution in [1.29, 1.82) is 0 Å². The Hall–Kier alpha value is -2.33. The van der Waals surface area contributed by atoms with Crippen LogP contribution in [0.1, 0.15) is 74.7 Å². The Morgan fingerprint density at radius 2 is 1.70 bits per heavy atom. The molecule has 2 aromatic heterocycles. The molecule has 37 heavy (non-hydrogen) atoms. The van der Waals surface area contributed by atoms with E-state index < -0.39 is 12.0 Å². The molecule has 2 aromatic rings. The van der Waals surface area contributed by atoms with Crippen molar-refractivity contribution in [2.24, 2.45) is 5.92 Å². The summed E-state index contributed by atoms with van der Waals surface area (Å²) in [6, 6.07) is 0.0527. The number of halogens is 2. The largest absolute Gasteiger partial charge is 0.351 e. The Morgan fingerprint density at radius 1 is 0.946 bits per heavy atom. The smallest absolute Gasteiger partial charge is 0.307 e. The second-order valence-corrected chi connectivity index (χ2v) is 11.4. The molecule has 0 aromatic carbocycles. The van der Waals surface area contributed by atoms with Gasteiger partial charge in [-0.3, -0.25) is 9.69 Å².